The molecule has 0 atom stereocenters. The van der Waals surface area contributed by atoms with Crippen molar-refractivity contribution >= 4 is 35.3 Å². The van der Waals surface area contributed by atoms with Crippen molar-refractivity contribution in [3.05, 3.63) is 99.0 Å². The predicted octanol–water partition coefficient (Wildman–Crippen LogP) is 6.46. The van der Waals surface area contributed by atoms with Crippen LogP contribution in [0.1, 0.15) is 46.8 Å². The monoisotopic (exact) mass is 440 g/mol. The molecule has 154 valence electrons. The molecule has 4 nitrogen and oxygen atoms in total. The van der Waals surface area contributed by atoms with E-state index in [2.05, 4.69) is 36.5 Å². The number of rotatable bonds is 7. The first-order chi connectivity index (χ1) is 14.4. The zero-order valence-corrected chi connectivity index (χ0v) is 18.2. The third-order valence-electron chi connectivity index (χ3n) is 4.51. The average Bonchev–Trinajstić information content (AvgIpc) is 2.74. The number of ether oxygens (including phenoxy) is 1. The smallest absolute Gasteiger partial charge is 0.271 e. The minimum Gasteiger partial charge on any atom is -0.489 e. The molecule has 0 aliphatic carbocycles. The fourth-order valence-electron chi connectivity index (χ4n) is 2.70. The molecule has 0 saturated heterocycles. The van der Waals surface area contributed by atoms with E-state index in [0.29, 0.717) is 33.9 Å². The van der Waals surface area contributed by atoms with Gasteiger partial charge in [0.05, 0.1) is 6.21 Å². The van der Waals surface area contributed by atoms with Crippen LogP contribution < -0.4 is 10.2 Å². The summed E-state index contributed by atoms with van der Waals surface area (Å²) in [5, 5.41) is 5.16. The lowest BCUT2D eigenvalue weighted by Crippen LogP contribution is -2.17. The number of halogens is 2. The molecule has 0 bridgehead atoms. The molecule has 0 fully saturated rings. The maximum atomic E-state index is 12.2. The van der Waals surface area contributed by atoms with Crippen LogP contribution >= 0.6 is 23.2 Å². The van der Waals surface area contributed by atoms with Crippen LogP contribution in [0.5, 0.6) is 5.75 Å². The Labute approximate surface area is 186 Å². The Bertz CT molecular complexity index is 1030. The zero-order chi connectivity index (χ0) is 21.5. The summed E-state index contributed by atoms with van der Waals surface area (Å²) in [6, 6.07) is 20.2. The van der Waals surface area contributed by atoms with Gasteiger partial charge in [-0.1, -0.05) is 67.4 Å². The predicted molar refractivity (Wildman–Crippen MR) is 123 cm³/mol. The Kier molecular flexibility index (Phi) is 7.50. The summed E-state index contributed by atoms with van der Waals surface area (Å²) in [5.74, 6) is 0.814. The molecule has 0 radical (unpaired) electrons. The largest absolute Gasteiger partial charge is 0.489 e. The number of amides is 1. The normalized spacial score (nSPS) is 11.1. The molecule has 3 aromatic rings. The number of nitrogens with zero attached hydrogens (tertiary/aromatic N) is 1. The van der Waals surface area contributed by atoms with Gasteiger partial charge in [-0.15, -0.1) is 0 Å². The van der Waals surface area contributed by atoms with Crippen LogP contribution in [0.4, 0.5) is 0 Å². The number of hydrogen-bond donors (Lipinski definition) is 1. The first kappa shape index (κ1) is 21.9. The van der Waals surface area contributed by atoms with E-state index in [9.17, 15) is 4.79 Å². The summed E-state index contributed by atoms with van der Waals surface area (Å²) in [5.41, 5.74) is 6.03. The second kappa shape index (κ2) is 10.3. The Balaban J connectivity index is 1.53. The summed E-state index contributed by atoms with van der Waals surface area (Å²) >= 11 is 12.0. The van der Waals surface area contributed by atoms with Gasteiger partial charge in [0.1, 0.15) is 12.4 Å². The molecule has 0 unspecified atom stereocenters. The highest BCUT2D eigenvalue weighted by Crippen LogP contribution is 2.23. The highest BCUT2D eigenvalue weighted by Gasteiger charge is 2.06. The second-order valence-electron chi connectivity index (χ2n) is 7.07. The van der Waals surface area contributed by atoms with Crippen molar-refractivity contribution < 1.29 is 9.53 Å². The van der Waals surface area contributed by atoms with E-state index >= 15 is 0 Å². The zero-order valence-electron chi connectivity index (χ0n) is 16.7. The molecule has 3 rings (SSSR count). The highest BCUT2D eigenvalue weighted by molar-refractivity contribution is 6.35. The van der Waals surface area contributed by atoms with Crippen LogP contribution in [0.15, 0.2) is 71.8 Å². The van der Waals surface area contributed by atoms with E-state index in [4.69, 9.17) is 27.9 Å². The van der Waals surface area contributed by atoms with Crippen LogP contribution in [0.2, 0.25) is 10.0 Å². The van der Waals surface area contributed by atoms with Crippen LogP contribution in [0, 0.1) is 0 Å². The first-order valence-corrected chi connectivity index (χ1v) is 10.3. The topological polar surface area (TPSA) is 50.7 Å². The molecular weight excluding hydrogens is 419 g/mol. The van der Waals surface area contributed by atoms with E-state index < -0.39 is 0 Å². The van der Waals surface area contributed by atoms with Gasteiger partial charge >= 0.3 is 0 Å². The fourth-order valence-corrected chi connectivity index (χ4v) is 3.16. The lowest BCUT2D eigenvalue weighted by molar-refractivity contribution is 0.0955. The number of hydrazone groups is 1. The maximum absolute atomic E-state index is 12.2. The molecule has 0 aliphatic rings. The van der Waals surface area contributed by atoms with Gasteiger partial charge in [-0.25, -0.2) is 5.43 Å². The van der Waals surface area contributed by atoms with E-state index in [0.717, 1.165) is 11.1 Å². The number of hydrogen-bond acceptors (Lipinski definition) is 3. The summed E-state index contributed by atoms with van der Waals surface area (Å²) in [7, 11) is 0. The fraction of sp³-hybridized carbons (Fsp3) is 0.167. The van der Waals surface area contributed by atoms with Crippen molar-refractivity contribution in [2.24, 2.45) is 5.10 Å². The molecule has 6 heteroatoms. The standard InChI is InChI=1S/C24H22Cl2N2O2/c1-16(2)18-5-3-17(4-6-18)14-27-28-24(29)19-8-11-22(12-9-19)30-15-20-7-10-21(25)13-23(20)26/h3-14,16H,15H2,1-2H3,(H,28,29)/b27-14-. The van der Waals surface area contributed by atoms with Gasteiger partial charge in [0.15, 0.2) is 0 Å². The van der Waals surface area contributed by atoms with Crippen molar-refractivity contribution in [2.45, 2.75) is 26.4 Å². The van der Waals surface area contributed by atoms with Crippen LogP contribution in [0.25, 0.3) is 0 Å². The van der Waals surface area contributed by atoms with Gasteiger partial charge in [0, 0.05) is 21.2 Å². The molecular formula is C24H22Cl2N2O2. The molecule has 30 heavy (non-hydrogen) atoms. The molecule has 0 spiro atoms. The minimum atomic E-state index is -0.294. The summed E-state index contributed by atoms with van der Waals surface area (Å²) < 4.78 is 5.72. The molecule has 1 N–H and O–H groups in total. The third kappa shape index (κ3) is 6.09. The van der Waals surface area contributed by atoms with Crippen LogP contribution in [0.3, 0.4) is 0 Å². The average molecular weight is 441 g/mol. The molecule has 0 saturated carbocycles. The summed E-state index contributed by atoms with van der Waals surface area (Å²) in [6.45, 7) is 4.60. The quantitative estimate of drug-likeness (QED) is 0.338. The number of nitrogens with one attached hydrogen (secondary N) is 1. The first-order valence-electron chi connectivity index (χ1n) is 9.52. The molecule has 1 amide bonds. The van der Waals surface area contributed by atoms with Gasteiger partial charge in [-0.2, -0.15) is 5.10 Å². The molecule has 0 heterocycles. The second-order valence-corrected chi connectivity index (χ2v) is 7.91. The third-order valence-corrected chi connectivity index (χ3v) is 5.10. The Morgan fingerprint density at radius 3 is 2.37 bits per heavy atom. The maximum Gasteiger partial charge on any atom is 0.271 e. The lowest BCUT2D eigenvalue weighted by Gasteiger charge is -2.08. The van der Waals surface area contributed by atoms with Crippen molar-refractivity contribution in [2.75, 3.05) is 0 Å². The summed E-state index contributed by atoms with van der Waals surface area (Å²) in [6.07, 6.45) is 1.62. The van der Waals surface area contributed by atoms with E-state index in [1.54, 1.807) is 42.6 Å². The van der Waals surface area contributed by atoms with Crippen LogP contribution in [-0.4, -0.2) is 12.1 Å². The molecule has 3 aromatic carbocycles. The van der Waals surface area contributed by atoms with E-state index in [1.165, 1.54) is 5.56 Å². The van der Waals surface area contributed by atoms with Gasteiger partial charge in [0.2, 0.25) is 0 Å². The summed E-state index contributed by atoms with van der Waals surface area (Å²) in [4.78, 5) is 12.2. The van der Waals surface area contributed by atoms with Gasteiger partial charge in [-0.3, -0.25) is 4.79 Å². The SMILES string of the molecule is CC(C)c1ccc(/C=N\NC(=O)c2ccc(OCc3ccc(Cl)cc3Cl)cc2)cc1. The van der Waals surface area contributed by atoms with Crippen molar-refractivity contribution in [3.63, 3.8) is 0 Å². The molecule has 0 aromatic heterocycles. The van der Waals surface area contributed by atoms with E-state index in [1.807, 2.05) is 18.2 Å². The van der Waals surface area contributed by atoms with E-state index in [-0.39, 0.29) is 5.91 Å². The Morgan fingerprint density at radius 2 is 1.73 bits per heavy atom. The van der Waals surface area contributed by atoms with Crippen LogP contribution in [-0.2, 0) is 6.61 Å². The van der Waals surface area contributed by atoms with Gasteiger partial charge in [0.25, 0.3) is 5.91 Å². The number of carbonyl (C=O) groups is 1. The van der Waals surface area contributed by atoms with Gasteiger partial charge in [-0.05, 0) is 53.4 Å². The Morgan fingerprint density at radius 1 is 1.03 bits per heavy atom. The number of carbonyl (C=O) groups excluding carboxylic acids is 1. The van der Waals surface area contributed by atoms with Crippen molar-refractivity contribution in [1.82, 2.24) is 5.43 Å². The molecule has 0 aliphatic heterocycles. The Hall–Kier alpha value is -2.82. The minimum absolute atomic E-state index is 0.294. The number of benzene rings is 3. The van der Waals surface area contributed by atoms with Crippen molar-refractivity contribution in [1.29, 1.82) is 0 Å². The van der Waals surface area contributed by atoms with Gasteiger partial charge < -0.3 is 4.74 Å². The van der Waals surface area contributed by atoms with Crippen molar-refractivity contribution in [3.8, 4) is 5.75 Å². The highest BCUT2D eigenvalue weighted by atomic mass is 35.5. The lowest BCUT2D eigenvalue weighted by atomic mass is 10.0.